The third kappa shape index (κ3) is 2.50. The molecule has 0 aliphatic heterocycles. The lowest BCUT2D eigenvalue weighted by molar-refractivity contribution is -0.0781. The van der Waals surface area contributed by atoms with Crippen molar-refractivity contribution in [1.82, 2.24) is 0 Å². The van der Waals surface area contributed by atoms with Gasteiger partial charge in [-0.05, 0) is 63.2 Å². The number of aliphatic hydroxyl groups is 2. The number of aliphatic imine (C=N–C) groups is 1. The molecule has 0 saturated heterocycles. The fraction of sp³-hybridized carbons (Fsp3) is 0.812. The topological polar surface area (TPSA) is 52.8 Å². The van der Waals surface area contributed by atoms with Gasteiger partial charge in [-0.25, -0.2) is 4.99 Å². The van der Waals surface area contributed by atoms with Gasteiger partial charge in [-0.15, -0.1) is 0 Å². The third-order valence-corrected chi connectivity index (χ3v) is 5.31. The van der Waals surface area contributed by atoms with Crippen LogP contribution in [0.1, 0.15) is 53.4 Å². The van der Waals surface area contributed by atoms with Crippen molar-refractivity contribution in [2.45, 2.75) is 70.6 Å². The van der Waals surface area contributed by atoms with Gasteiger partial charge in [0.05, 0.1) is 16.3 Å². The van der Waals surface area contributed by atoms with Gasteiger partial charge in [0, 0.05) is 5.92 Å². The van der Waals surface area contributed by atoms with Gasteiger partial charge >= 0.3 is 0 Å². The Bertz CT molecular complexity index is 477. The molecule has 3 nitrogen and oxygen atoms in total. The highest BCUT2D eigenvalue weighted by Gasteiger charge is 2.50. The van der Waals surface area contributed by atoms with Gasteiger partial charge in [-0.2, -0.15) is 0 Å². The molecule has 0 aromatic carbocycles. The first kappa shape index (κ1) is 15.8. The zero-order chi connectivity index (χ0) is 15.1. The number of hydrogen-bond acceptors (Lipinski definition) is 4. The van der Waals surface area contributed by atoms with E-state index in [1.165, 1.54) is 5.57 Å². The van der Waals surface area contributed by atoms with Gasteiger partial charge in [0.2, 0.25) is 0 Å². The van der Waals surface area contributed by atoms with Gasteiger partial charge < -0.3 is 10.2 Å². The van der Waals surface area contributed by atoms with E-state index < -0.39 is 11.7 Å². The molecule has 4 atom stereocenters. The smallest absolute Gasteiger partial charge is 0.104 e. The highest BCUT2D eigenvalue weighted by atomic mass is 32.1. The first-order valence-electron chi connectivity index (χ1n) is 7.45. The van der Waals surface area contributed by atoms with Crippen LogP contribution in [-0.4, -0.2) is 32.6 Å². The van der Waals surface area contributed by atoms with Crippen LogP contribution >= 0.6 is 12.2 Å². The highest BCUT2D eigenvalue weighted by Crippen LogP contribution is 2.51. The summed E-state index contributed by atoms with van der Waals surface area (Å²) in [7, 11) is 0. The summed E-state index contributed by atoms with van der Waals surface area (Å²) in [5.74, 6) is 0.552. The lowest BCUT2D eigenvalue weighted by Gasteiger charge is -2.50. The van der Waals surface area contributed by atoms with E-state index in [1.807, 2.05) is 0 Å². The molecule has 1 saturated carbocycles. The normalized spacial score (nSPS) is 41.4. The molecule has 112 valence electrons. The summed E-state index contributed by atoms with van der Waals surface area (Å²) < 4.78 is 0. The molecule has 2 rings (SSSR count). The molecule has 0 amide bonds. The molecule has 2 aliphatic rings. The minimum Gasteiger partial charge on any atom is -0.387 e. The Morgan fingerprint density at radius 3 is 2.55 bits per heavy atom. The predicted octanol–water partition coefficient (Wildman–Crippen LogP) is 3.12. The number of hydrogen-bond donors (Lipinski definition) is 2. The first-order chi connectivity index (χ1) is 9.23. The van der Waals surface area contributed by atoms with Gasteiger partial charge in [-0.1, -0.05) is 19.4 Å². The van der Waals surface area contributed by atoms with Crippen LogP contribution in [0, 0.1) is 11.8 Å². The lowest BCUT2D eigenvalue weighted by Crippen LogP contribution is -2.53. The van der Waals surface area contributed by atoms with E-state index in [1.54, 1.807) is 6.92 Å². The molecule has 2 N–H and O–H groups in total. The van der Waals surface area contributed by atoms with Crippen molar-refractivity contribution in [3.63, 3.8) is 0 Å². The Labute approximate surface area is 126 Å². The molecular formula is C16H25NO2S. The predicted molar refractivity (Wildman–Crippen MR) is 83.9 cm³/mol. The number of fused-ring (bicyclic) bond motifs is 1. The average Bonchev–Trinajstić information content (AvgIpc) is 2.34. The van der Waals surface area contributed by atoms with Gasteiger partial charge in [0.25, 0.3) is 0 Å². The Kier molecular flexibility index (Phi) is 4.23. The number of allylic oxidation sites excluding steroid dienone is 1. The highest BCUT2D eigenvalue weighted by molar-refractivity contribution is 7.78. The Hall–Kier alpha value is -0.540. The van der Waals surface area contributed by atoms with Crippen LogP contribution < -0.4 is 0 Å². The summed E-state index contributed by atoms with van der Waals surface area (Å²) in [5.41, 5.74) is 0.983. The molecule has 0 aromatic heterocycles. The molecule has 0 unspecified atom stereocenters. The standard InChI is InChI=1S/C16H25NO2S/c1-10(2)11-5-7-15(3,17-9-20)12-6-8-16(4,19)14(18)13(11)12/h10,12,14,18-19H,5-8H2,1-4H3/t12-,14+,15-,16-/m1/s1. The lowest BCUT2D eigenvalue weighted by atomic mass is 9.60. The molecule has 2 aliphatic carbocycles. The molecule has 0 spiro atoms. The van der Waals surface area contributed by atoms with Gasteiger partial charge in [0.1, 0.15) is 6.10 Å². The van der Waals surface area contributed by atoms with Crippen molar-refractivity contribution < 1.29 is 10.2 Å². The minimum atomic E-state index is -1.04. The Morgan fingerprint density at radius 2 is 2.00 bits per heavy atom. The monoisotopic (exact) mass is 295 g/mol. The van der Waals surface area contributed by atoms with Crippen molar-refractivity contribution in [3.8, 4) is 0 Å². The largest absolute Gasteiger partial charge is 0.387 e. The second-order valence-corrected chi connectivity index (χ2v) is 7.23. The van der Waals surface area contributed by atoms with Crippen LogP contribution in [0.15, 0.2) is 16.1 Å². The SMILES string of the molecule is CC(C)C1=C2[C@@H](CC[C@@](C)(O)[C@H]2O)[C@](C)(N=C=S)CC1. The zero-order valence-electron chi connectivity index (χ0n) is 12.8. The fourth-order valence-electron chi connectivity index (χ4n) is 3.87. The number of aliphatic hydroxyl groups excluding tert-OH is 1. The minimum absolute atomic E-state index is 0.166. The quantitative estimate of drug-likeness (QED) is 0.467. The van der Waals surface area contributed by atoms with E-state index in [0.29, 0.717) is 12.3 Å². The van der Waals surface area contributed by atoms with E-state index in [-0.39, 0.29) is 11.5 Å². The summed E-state index contributed by atoms with van der Waals surface area (Å²) in [4.78, 5) is 4.41. The van der Waals surface area contributed by atoms with E-state index in [4.69, 9.17) is 12.2 Å². The van der Waals surface area contributed by atoms with Crippen molar-refractivity contribution >= 4 is 17.4 Å². The number of thiocarbonyl (C=S) groups is 1. The molecule has 0 radical (unpaired) electrons. The summed E-state index contributed by atoms with van der Waals surface area (Å²) >= 11 is 4.81. The van der Waals surface area contributed by atoms with Crippen molar-refractivity contribution in [2.75, 3.05) is 0 Å². The van der Waals surface area contributed by atoms with Crippen molar-refractivity contribution in [3.05, 3.63) is 11.1 Å². The molecule has 4 heteroatoms. The van der Waals surface area contributed by atoms with Crippen LogP contribution in [0.25, 0.3) is 0 Å². The summed E-state index contributed by atoms with van der Waals surface area (Å²) in [6, 6.07) is 0. The molecule has 0 aromatic rings. The average molecular weight is 295 g/mol. The van der Waals surface area contributed by atoms with Crippen molar-refractivity contribution in [1.29, 1.82) is 0 Å². The van der Waals surface area contributed by atoms with E-state index in [9.17, 15) is 10.2 Å². The number of nitrogens with zero attached hydrogens (tertiary/aromatic N) is 1. The Balaban J connectivity index is 2.54. The molecule has 20 heavy (non-hydrogen) atoms. The maximum Gasteiger partial charge on any atom is 0.104 e. The molecular weight excluding hydrogens is 270 g/mol. The zero-order valence-corrected chi connectivity index (χ0v) is 13.6. The summed E-state index contributed by atoms with van der Waals surface area (Å²) in [6.45, 7) is 8.13. The van der Waals surface area contributed by atoms with E-state index in [0.717, 1.165) is 24.8 Å². The first-order valence-corrected chi connectivity index (χ1v) is 7.86. The summed E-state index contributed by atoms with van der Waals surface area (Å²) in [6.07, 6.45) is 2.49. The molecule has 1 fully saturated rings. The third-order valence-electron chi connectivity index (χ3n) is 5.22. The number of isothiocyanates is 1. The van der Waals surface area contributed by atoms with Crippen LogP contribution in [-0.2, 0) is 0 Å². The maximum atomic E-state index is 10.7. The van der Waals surface area contributed by atoms with E-state index in [2.05, 4.69) is 30.9 Å². The van der Waals surface area contributed by atoms with Gasteiger partial charge in [0.15, 0.2) is 0 Å². The molecule has 0 bridgehead atoms. The Morgan fingerprint density at radius 1 is 1.35 bits per heavy atom. The van der Waals surface area contributed by atoms with Crippen LogP contribution in [0.2, 0.25) is 0 Å². The van der Waals surface area contributed by atoms with Crippen LogP contribution in [0.3, 0.4) is 0 Å². The van der Waals surface area contributed by atoms with E-state index >= 15 is 0 Å². The van der Waals surface area contributed by atoms with Crippen LogP contribution in [0.5, 0.6) is 0 Å². The maximum absolute atomic E-state index is 10.7. The second-order valence-electron chi connectivity index (χ2n) is 7.05. The fourth-order valence-corrected chi connectivity index (χ4v) is 4.07. The molecule has 0 heterocycles. The second kappa shape index (κ2) is 5.34. The summed E-state index contributed by atoms with van der Waals surface area (Å²) in [5, 5.41) is 23.6. The van der Waals surface area contributed by atoms with Crippen molar-refractivity contribution in [2.24, 2.45) is 16.8 Å². The number of rotatable bonds is 2. The van der Waals surface area contributed by atoms with Crippen LogP contribution in [0.4, 0.5) is 0 Å². The van der Waals surface area contributed by atoms with Gasteiger partial charge in [-0.3, -0.25) is 0 Å².